The number of aliphatic hydroxyl groups excluding tert-OH is 1. The first-order valence-corrected chi connectivity index (χ1v) is 6.61. The second-order valence-corrected chi connectivity index (χ2v) is 4.36. The van der Waals surface area contributed by atoms with E-state index in [2.05, 4.69) is 5.32 Å². The Morgan fingerprint density at radius 3 is 2.48 bits per heavy atom. The third kappa shape index (κ3) is 4.78. The largest absolute Gasteiger partial charge is 0.489 e. The zero-order valence-electron chi connectivity index (χ0n) is 11.5. The molecule has 0 aliphatic carbocycles. The molecule has 4 heteroatoms. The fourth-order valence-corrected chi connectivity index (χ4v) is 1.74. The zero-order chi connectivity index (χ0) is 14.9. The monoisotopic (exact) mass is 283 g/mol. The number of hydrogen-bond acceptors (Lipinski definition) is 4. The van der Waals surface area contributed by atoms with Crippen LogP contribution in [0.2, 0.25) is 0 Å². The molecule has 0 aromatic heterocycles. The molecule has 0 radical (unpaired) electrons. The summed E-state index contributed by atoms with van der Waals surface area (Å²) in [5.41, 5.74) is 1.66. The van der Waals surface area contributed by atoms with Gasteiger partial charge in [-0.2, -0.15) is 0 Å². The first kappa shape index (κ1) is 14.8. The molecule has 108 valence electrons. The van der Waals surface area contributed by atoms with E-state index in [1.807, 2.05) is 30.3 Å². The summed E-state index contributed by atoms with van der Waals surface area (Å²) < 4.78 is 5.65. The van der Waals surface area contributed by atoms with Gasteiger partial charge >= 0.3 is 0 Å². The predicted octanol–water partition coefficient (Wildman–Crippen LogP) is 2.50. The van der Waals surface area contributed by atoms with E-state index in [1.165, 1.54) is 12.3 Å². The summed E-state index contributed by atoms with van der Waals surface area (Å²) in [4.78, 5) is 11.8. The molecule has 0 unspecified atom stereocenters. The molecule has 21 heavy (non-hydrogen) atoms. The molecule has 2 rings (SSSR count). The van der Waals surface area contributed by atoms with Crippen molar-refractivity contribution < 1.29 is 14.6 Å². The van der Waals surface area contributed by atoms with Gasteiger partial charge in [-0.3, -0.25) is 4.79 Å². The van der Waals surface area contributed by atoms with Crippen molar-refractivity contribution in [1.82, 2.24) is 5.32 Å². The molecule has 0 heterocycles. The van der Waals surface area contributed by atoms with Gasteiger partial charge in [0.25, 0.3) is 0 Å². The maximum absolute atomic E-state index is 11.8. The van der Waals surface area contributed by atoms with Gasteiger partial charge in [0, 0.05) is 17.8 Å². The second-order valence-electron chi connectivity index (χ2n) is 4.36. The summed E-state index contributed by atoms with van der Waals surface area (Å²) in [6, 6.07) is 16.8. The minimum absolute atomic E-state index is 0.134. The Kier molecular flexibility index (Phi) is 5.55. The maximum Gasteiger partial charge on any atom is 0.187 e. The Hall–Kier alpha value is -2.59. The molecular formula is C17H17NO3. The van der Waals surface area contributed by atoms with Crippen molar-refractivity contribution in [2.24, 2.45) is 0 Å². The summed E-state index contributed by atoms with van der Waals surface area (Å²) >= 11 is 0. The van der Waals surface area contributed by atoms with Gasteiger partial charge in [-0.15, -0.1) is 0 Å². The molecule has 2 N–H and O–H groups in total. The van der Waals surface area contributed by atoms with Crippen LogP contribution in [0, 0.1) is 0 Å². The Balaban J connectivity index is 1.91. The van der Waals surface area contributed by atoms with Crippen LogP contribution in [0.3, 0.4) is 0 Å². The molecule has 0 atom stereocenters. The van der Waals surface area contributed by atoms with Gasteiger partial charge in [-0.1, -0.05) is 30.3 Å². The number of carbonyl (C=O) groups excluding carboxylic acids is 1. The molecule has 2 aromatic rings. The van der Waals surface area contributed by atoms with E-state index in [0.717, 1.165) is 5.56 Å². The SMILES string of the molecule is O=C(/C=C/NCO)c1ccc(OCc2ccccc2)cc1. The van der Waals surface area contributed by atoms with E-state index in [0.29, 0.717) is 17.9 Å². The van der Waals surface area contributed by atoms with Gasteiger partial charge in [0.05, 0.1) is 0 Å². The molecule has 0 aliphatic rings. The van der Waals surface area contributed by atoms with E-state index in [9.17, 15) is 4.79 Å². The van der Waals surface area contributed by atoms with Crippen molar-refractivity contribution in [2.75, 3.05) is 6.73 Å². The second kappa shape index (κ2) is 7.87. The maximum atomic E-state index is 11.8. The fourth-order valence-electron chi connectivity index (χ4n) is 1.74. The molecule has 0 saturated carbocycles. The van der Waals surface area contributed by atoms with Crippen LogP contribution in [0.25, 0.3) is 0 Å². The van der Waals surface area contributed by atoms with Crippen molar-refractivity contribution >= 4 is 5.78 Å². The number of aliphatic hydroxyl groups is 1. The molecule has 0 fully saturated rings. The minimum atomic E-state index is -0.198. The normalized spacial score (nSPS) is 10.5. The molecule has 0 aliphatic heterocycles. The molecule has 0 amide bonds. The molecule has 0 saturated heterocycles. The minimum Gasteiger partial charge on any atom is -0.489 e. The average molecular weight is 283 g/mol. The summed E-state index contributed by atoms with van der Waals surface area (Å²) in [5.74, 6) is 0.582. The summed E-state index contributed by atoms with van der Waals surface area (Å²) in [6.07, 6.45) is 2.79. The van der Waals surface area contributed by atoms with Crippen LogP contribution in [-0.2, 0) is 6.61 Å². The summed E-state index contributed by atoms with van der Waals surface area (Å²) in [7, 11) is 0. The summed E-state index contributed by atoms with van der Waals surface area (Å²) in [6.45, 7) is 0.296. The van der Waals surface area contributed by atoms with E-state index >= 15 is 0 Å². The van der Waals surface area contributed by atoms with E-state index in [1.54, 1.807) is 24.3 Å². The van der Waals surface area contributed by atoms with Crippen LogP contribution >= 0.6 is 0 Å². The molecule has 4 nitrogen and oxygen atoms in total. The Labute approximate surface area is 123 Å². The van der Waals surface area contributed by atoms with Gasteiger partial charge in [-0.05, 0) is 29.8 Å². The van der Waals surface area contributed by atoms with Crippen LogP contribution in [0.1, 0.15) is 15.9 Å². The molecule has 0 spiro atoms. The predicted molar refractivity (Wildman–Crippen MR) is 80.9 cm³/mol. The number of hydrogen-bond donors (Lipinski definition) is 2. The van der Waals surface area contributed by atoms with Gasteiger partial charge in [0.2, 0.25) is 0 Å². The number of ether oxygens (including phenoxy) is 1. The summed E-state index contributed by atoms with van der Waals surface area (Å²) in [5, 5.41) is 11.1. The number of nitrogens with one attached hydrogen (secondary N) is 1. The smallest absolute Gasteiger partial charge is 0.187 e. The van der Waals surface area contributed by atoms with Gasteiger partial charge in [0.15, 0.2) is 5.78 Å². The van der Waals surface area contributed by atoms with Crippen LogP contribution in [0.15, 0.2) is 66.9 Å². The van der Waals surface area contributed by atoms with Crippen LogP contribution in [0.4, 0.5) is 0 Å². The number of benzene rings is 2. The molecule has 0 bridgehead atoms. The average Bonchev–Trinajstić information content (AvgIpc) is 2.54. The van der Waals surface area contributed by atoms with Gasteiger partial charge in [-0.25, -0.2) is 0 Å². The third-order valence-electron chi connectivity index (χ3n) is 2.83. The lowest BCUT2D eigenvalue weighted by atomic mass is 10.1. The van der Waals surface area contributed by atoms with Gasteiger partial charge < -0.3 is 15.2 Å². The number of allylic oxidation sites excluding steroid dienone is 1. The topological polar surface area (TPSA) is 58.6 Å². The number of ketones is 1. The number of carbonyl (C=O) groups is 1. The van der Waals surface area contributed by atoms with Crippen molar-refractivity contribution in [1.29, 1.82) is 0 Å². The highest BCUT2D eigenvalue weighted by Gasteiger charge is 2.02. The highest BCUT2D eigenvalue weighted by Crippen LogP contribution is 2.14. The lowest BCUT2D eigenvalue weighted by Gasteiger charge is -2.06. The van der Waals surface area contributed by atoms with Crippen LogP contribution in [-0.4, -0.2) is 17.6 Å². The lowest BCUT2D eigenvalue weighted by Crippen LogP contribution is -2.06. The van der Waals surface area contributed by atoms with Crippen molar-refractivity contribution in [3.05, 3.63) is 78.0 Å². The molecule has 2 aromatic carbocycles. The Bertz CT molecular complexity index is 591. The highest BCUT2D eigenvalue weighted by molar-refractivity contribution is 6.04. The van der Waals surface area contributed by atoms with Crippen molar-refractivity contribution in [3.8, 4) is 5.75 Å². The third-order valence-corrected chi connectivity index (χ3v) is 2.83. The zero-order valence-corrected chi connectivity index (χ0v) is 11.5. The van der Waals surface area contributed by atoms with E-state index in [-0.39, 0.29) is 12.5 Å². The lowest BCUT2D eigenvalue weighted by molar-refractivity contribution is 0.104. The van der Waals surface area contributed by atoms with Crippen molar-refractivity contribution in [3.63, 3.8) is 0 Å². The van der Waals surface area contributed by atoms with Crippen molar-refractivity contribution in [2.45, 2.75) is 6.61 Å². The standard InChI is InChI=1S/C17H17NO3/c19-13-18-11-10-17(20)15-6-8-16(9-7-15)21-12-14-4-2-1-3-5-14/h1-11,18-19H,12-13H2/b11-10+. The molecular weight excluding hydrogens is 266 g/mol. The first-order chi connectivity index (χ1) is 10.3. The first-order valence-electron chi connectivity index (χ1n) is 6.61. The Morgan fingerprint density at radius 1 is 1.10 bits per heavy atom. The Morgan fingerprint density at radius 2 is 1.81 bits per heavy atom. The van der Waals surface area contributed by atoms with Crippen LogP contribution in [0.5, 0.6) is 5.75 Å². The van der Waals surface area contributed by atoms with Crippen LogP contribution < -0.4 is 10.1 Å². The fraction of sp³-hybridized carbons (Fsp3) is 0.118. The van der Waals surface area contributed by atoms with E-state index in [4.69, 9.17) is 9.84 Å². The van der Waals surface area contributed by atoms with E-state index < -0.39 is 0 Å². The quantitative estimate of drug-likeness (QED) is 0.466. The van der Waals surface area contributed by atoms with Gasteiger partial charge in [0.1, 0.15) is 19.1 Å². The highest BCUT2D eigenvalue weighted by atomic mass is 16.5. The number of rotatable bonds is 7.